The maximum atomic E-state index is 12.1. The second-order valence-electron chi connectivity index (χ2n) is 4.79. The number of aromatic nitrogens is 2. The van der Waals surface area contributed by atoms with E-state index in [1.165, 1.54) is 25.2 Å². The number of rotatable bonds is 3. The van der Waals surface area contributed by atoms with Gasteiger partial charge in [-0.3, -0.25) is 34.5 Å². The lowest BCUT2D eigenvalue weighted by molar-refractivity contribution is -0.385. The number of amides is 3. The van der Waals surface area contributed by atoms with Gasteiger partial charge in [-0.05, 0) is 18.2 Å². The fraction of sp³-hybridized carbons (Fsp3) is 0.0769. The Balaban J connectivity index is 1.90. The SMILES string of the molecule is Cn1cc([N+](=O)[O-])c(C(=O)Nc2ccc3c(c2)C(=O)NC3=O)n1. The molecule has 0 atom stereocenters. The number of nitro groups is 1. The van der Waals surface area contributed by atoms with Crippen LogP contribution in [0.2, 0.25) is 0 Å². The molecule has 0 unspecified atom stereocenters. The number of fused-ring (bicyclic) bond motifs is 1. The lowest BCUT2D eigenvalue weighted by Crippen LogP contribution is -2.19. The molecule has 0 radical (unpaired) electrons. The number of nitrogens with zero attached hydrogens (tertiary/aromatic N) is 3. The summed E-state index contributed by atoms with van der Waals surface area (Å²) >= 11 is 0. The van der Waals surface area contributed by atoms with E-state index in [9.17, 15) is 24.5 Å². The van der Waals surface area contributed by atoms with Gasteiger partial charge >= 0.3 is 5.69 Å². The Morgan fingerprint density at radius 3 is 2.70 bits per heavy atom. The first-order valence-electron chi connectivity index (χ1n) is 6.36. The van der Waals surface area contributed by atoms with E-state index in [4.69, 9.17) is 0 Å². The van der Waals surface area contributed by atoms with Gasteiger partial charge in [0.05, 0.1) is 16.1 Å². The van der Waals surface area contributed by atoms with E-state index in [1.54, 1.807) is 0 Å². The van der Waals surface area contributed by atoms with Gasteiger partial charge in [-0.15, -0.1) is 0 Å². The van der Waals surface area contributed by atoms with Crippen LogP contribution >= 0.6 is 0 Å². The van der Waals surface area contributed by atoms with Crippen LogP contribution < -0.4 is 10.6 Å². The molecule has 23 heavy (non-hydrogen) atoms. The molecular weight excluding hydrogens is 306 g/mol. The summed E-state index contributed by atoms with van der Waals surface area (Å²) in [5.74, 6) is -1.87. The monoisotopic (exact) mass is 315 g/mol. The third kappa shape index (κ3) is 2.41. The predicted octanol–water partition coefficient (Wildman–Crippen LogP) is 0.464. The van der Waals surface area contributed by atoms with Crippen molar-refractivity contribution in [3.63, 3.8) is 0 Å². The van der Waals surface area contributed by atoms with Crippen molar-refractivity contribution in [3.8, 4) is 0 Å². The summed E-state index contributed by atoms with van der Waals surface area (Å²) in [6.45, 7) is 0. The standard InChI is InChI=1S/C13H9N5O5/c1-17-5-9(18(22)23)10(16-17)13(21)14-6-2-3-7-8(4-6)12(20)15-11(7)19/h2-5H,1H3,(H,14,21)(H,15,19,20). The van der Waals surface area contributed by atoms with Gasteiger partial charge in [0.2, 0.25) is 5.69 Å². The molecule has 0 saturated carbocycles. The Kier molecular flexibility index (Phi) is 3.14. The molecule has 3 amide bonds. The first-order chi connectivity index (χ1) is 10.9. The third-order valence-electron chi connectivity index (χ3n) is 3.21. The lowest BCUT2D eigenvalue weighted by Gasteiger charge is -2.04. The van der Waals surface area contributed by atoms with E-state index in [2.05, 4.69) is 15.7 Å². The van der Waals surface area contributed by atoms with E-state index in [1.807, 2.05) is 0 Å². The highest BCUT2D eigenvalue weighted by atomic mass is 16.6. The van der Waals surface area contributed by atoms with E-state index in [-0.39, 0.29) is 22.5 Å². The summed E-state index contributed by atoms with van der Waals surface area (Å²) in [5, 5.41) is 19.2. The summed E-state index contributed by atoms with van der Waals surface area (Å²) in [7, 11) is 1.45. The molecule has 2 N–H and O–H groups in total. The van der Waals surface area contributed by atoms with Crippen molar-refractivity contribution in [3.05, 3.63) is 51.3 Å². The largest absolute Gasteiger partial charge is 0.320 e. The molecule has 1 aromatic heterocycles. The molecule has 10 heteroatoms. The lowest BCUT2D eigenvalue weighted by atomic mass is 10.1. The molecular formula is C13H9N5O5. The van der Waals surface area contributed by atoms with Crippen LogP contribution in [0.4, 0.5) is 11.4 Å². The van der Waals surface area contributed by atoms with Gasteiger partial charge < -0.3 is 5.32 Å². The van der Waals surface area contributed by atoms with E-state index in [0.717, 1.165) is 10.9 Å². The molecule has 0 bridgehead atoms. The second-order valence-corrected chi connectivity index (χ2v) is 4.79. The molecule has 0 aliphatic carbocycles. The smallest absolute Gasteiger partial charge is 0.320 e. The van der Waals surface area contributed by atoms with Crippen LogP contribution in [0.5, 0.6) is 0 Å². The topological polar surface area (TPSA) is 136 Å². The molecule has 116 valence electrons. The Bertz CT molecular complexity index is 885. The van der Waals surface area contributed by atoms with E-state index in [0.29, 0.717) is 0 Å². The maximum Gasteiger partial charge on any atom is 0.320 e. The Morgan fingerprint density at radius 1 is 1.30 bits per heavy atom. The molecule has 1 aromatic carbocycles. The molecule has 2 heterocycles. The summed E-state index contributed by atoms with van der Waals surface area (Å²) in [5.41, 5.74) is -0.226. The number of hydrogen-bond donors (Lipinski definition) is 2. The Morgan fingerprint density at radius 2 is 2.00 bits per heavy atom. The van der Waals surface area contributed by atoms with Crippen molar-refractivity contribution in [1.29, 1.82) is 0 Å². The van der Waals surface area contributed by atoms with Gasteiger partial charge in [0, 0.05) is 12.7 Å². The number of nitrogens with one attached hydrogen (secondary N) is 2. The van der Waals surface area contributed by atoms with Crippen LogP contribution in [0.1, 0.15) is 31.2 Å². The van der Waals surface area contributed by atoms with Crippen molar-refractivity contribution < 1.29 is 19.3 Å². The van der Waals surface area contributed by atoms with Gasteiger partial charge in [0.25, 0.3) is 17.7 Å². The normalized spacial score (nSPS) is 12.7. The Hall–Kier alpha value is -3.56. The van der Waals surface area contributed by atoms with Crippen LogP contribution in [0, 0.1) is 10.1 Å². The van der Waals surface area contributed by atoms with Crippen molar-refractivity contribution in [2.75, 3.05) is 5.32 Å². The number of anilines is 1. The Labute approximate surface area is 128 Å². The first-order valence-corrected chi connectivity index (χ1v) is 6.36. The third-order valence-corrected chi connectivity index (χ3v) is 3.21. The van der Waals surface area contributed by atoms with Crippen molar-refractivity contribution in [1.82, 2.24) is 15.1 Å². The van der Waals surface area contributed by atoms with Gasteiger partial charge in [-0.2, -0.15) is 5.10 Å². The van der Waals surface area contributed by atoms with Crippen LogP contribution in [-0.2, 0) is 7.05 Å². The molecule has 1 aliphatic rings. The predicted molar refractivity (Wildman–Crippen MR) is 76.1 cm³/mol. The number of aryl methyl sites for hydroxylation is 1. The summed E-state index contributed by atoms with van der Waals surface area (Å²) in [6, 6.07) is 4.13. The zero-order valence-electron chi connectivity index (χ0n) is 11.7. The zero-order chi connectivity index (χ0) is 16.7. The number of hydrogen-bond acceptors (Lipinski definition) is 6. The molecule has 1 aliphatic heterocycles. The van der Waals surface area contributed by atoms with Gasteiger partial charge in [-0.1, -0.05) is 0 Å². The zero-order valence-corrected chi connectivity index (χ0v) is 11.7. The molecule has 10 nitrogen and oxygen atoms in total. The van der Waals surface area contributed by atoms with E-state index < -0.39 is 28.3 Å². The highest BCUT2D eigenvalue weighted by Gasteiger charge is 2.28. The van der Waals surface area contributed by atoms with Crippen molar-refractivity contribution in [2.45, 2.75) is 0 Å². The quantitative estimate of drug-likeness (QED) is 0.480. The molecule has 0 saturated heterocycles. The highest BCUT2D eigenvalue weighted by molar-refractivity contribution is 6.22. The molecule has 0 spiro atoms. The van der Waals surface area contributed by atoms with Crippen molar-refractivity contribution >= 4 is 29.1 Å². The fourth-order valence-corrected chi connectivity index (χ4v) is 2.21. The average molecular weight is 315 g/mol. The average Bonchev–Trinajstić information content (AvgIpc) is 3.00. The summed E-state index contributed by atoms with van der Waals surface area (Å²) in [4.78, 5) is 45.4. The summed E-state index contributed by atoms with van der Waals surface area (Å²) in [6.07, 6.45) is 1.11. The number of carbonyl (C=O) groups excluding carboxylic acids is 3. The van der Waals surface area contributed by atoms with Gasteiger partial charge in [0.1, 0.15) is 6.20 Å². The van der Waals surface area contributed by atoms with Gasteiger partial charge in [0.15, 0.2) is 0 Å². The second kappa shape index (κ2) is 5.02. The minimum Gasteiger partial charge on any atom is -0.320 e. The first kappa shape index (κ1) is 14.4. The fourth-order valence-electron chi connectivity index (χ4n) is 2.21. The van der Waals surface area contributed by atoms with Crippen LogP contribution in [0.3, 0.4) is 0 Å². The molecule has 3 rings (SSSR count). The molecule has 2 aromatic rings. The maximum absolute atomic E-state index is 12.1. The minimum absolute atomic E-state index is 0.128. The summed E-state index contributed by atoms with van der Waals surface area (Å²) < 4.78 is 1.15. The van der Waals surface area contributed by atoms with Crippen molar-refractivity contribution in [2.24, 2.45) is 7.05 Å². The number of imide groups is 1. The number of carbonyl (C=O) groups is 3. The van der Waals surface area contributed by atoms with Gasteiger partial charge in [-0.25, -0.2) is 0 Å². The minimum atomic E-state index is -0.790. The van der Waals surface area contributed by atoms with Crippen LogP contribution in [0.15, 0.2) is 24.4 Å². The number of benzene rings is 1. The van der Waals surface area contributed by atoms with Crippen LogP contribution in [-0.4, -0.2) is 32.4 Å². The van der Waals surface area contributed by atoms with E-state index >= 15 is 0 Å². The van der Waals surface area contributed by atoms with Crippen LogP contribution in [0.25, 0.3) is 0 Å². The highest BCUT2D eigenvalue weighted by Crippen LogP contribution is 2.22. The molecule has 0 fully saturated rings.